The van der Waals surface area contributed by atoms with Crippen LogP contribution in [0, 0.1) is 6.92 Å². The molecule has 2 aromatic carbocycles. The molecular formula is C21H21N3O. The fourth-order valence-electron chi connectivity index (χ4n) is 2.80. The Balaban J connectivity index is 1.97. The van der Waals surface area contributed by atoms with Crippen LogP contribution in [0.5, 0.6) is 0 Å². The summed E-state index contributed by atoms with van der Waals surface area (Å²) in [5.41, 5.74) is 10.6. The fraction of sp³-hybridized carbons (Fsp3) is 0.143. The van der Waals surface area contributed by atoms with E-state index in [4.69, 9.17) is 5.73 Å². The Morgan fingerprint density at radius 1 is 1.00 bits per heavy atom. The van der Waals surface area contributed by atoms with Crippen molar-refractivity contribution in [1.29, 1.82) is 0 Å². The molecule has 0 aliphatic rings. The smallest absolute Gasteiger partial charge is 0.259 e. The Hall–Kier alpha value is -3.14. The maximum atomic E-state index is 12.4. The third-order valence-corrected chi connectivity index (χ3v) is 4.18. The van der Waals surface area contributed by atoms with Crippen molar-refractivity contribution in [2.75, 3.05) is 0 Å². The summed E-state index contributed by atoms with van der Waals surface area (Å²) in [6.07, 6.45) is 2.38. The molecule has 0 saturated carbocycles. The van der Waals surface area contributed by atoms with E-state index in [9.17, 15) is 4.79 Å². The summed E-state index contributed by atoms with van der Waals surface area (Å²) in [5, 5.41) is 0. The number of rotatable bonds is 5. The van der Waals surface area contributed by atoms with Gasteiger partial charge in [0.05, 0.1) is 12.1 Å². The molecule has 25 heavy (non-hydrogen) atoms. The zero-order valence-corrected chi connectivity index (χ0v) is 14.2. The van der Waals surface area contributed by atoms with Gasteiger partial charge in [0, 0.05) is 6.20 Å². The van der Waals surface area contributed by atoms with Crippen molar-refractivity contribution in [3.8, 4) is 0 Å². The van der Waals surface area contributed by atoms with E-state index in [-0.39, 0.29) is 11.4 Å². The van der Waals surface area contributed by atoms with Crippen molar-refractivity contribution >= 4 is 5.84 Å². The van der Waals surface area contributed by atoms with Gasteiger partial charge in [-0.05, 0) is 35.6 Å². The minimum absolute atomic E-state index is 0.203. The lowest BCUT2D eigenvalue weighted by Crippen LogP contribution is -2.27. The van der Waals surface area contributed by atoms with E-state index in [0.29, 0.717) is 18.5 Å². The summed E-state index contributed by atoms with van der Waals surface area (Å²) in [7, 11) is 0. The van der Waals surface area contributed by atoms with Crippen LogP contribution in [0.3, 0.4) is 0 Å². The van der Waals surface area contributed by atoms with Crippen molar-refractivity contribution in [2.45, 2.75) is 19.9 Å². The first-order chi connectivity index (χ1) is 12.1. The third-order valence-electron chi connectivity index (χ3n) is 4.18. The van der Waals surface area contributed by atoms with Gasteiger partial charge in [-0.3, -0.25) is 9.79 Å². The number of nitrogens with two attached hydrogens (primary N) is 1. The summed E-state index contributed by atoms with van der Waals surface area (Å²) < 4.78 is 0. The molecule has 0 atom stereocenters. The number of nitrogens with one attached hydrogen (secondary N) is 1. The molecule has 0 unspecified atom stereocenters. The zero-order valence-electron chi connectivity index (χ0n) is 14.2. The number of aliphatic imine (C=N–C) groups is 1. The highest BCUT2D eigenvalue weighted by Gasteiger charge is 2.14. The number of amidine groups is 1. The largest absolute Gasteiger partial charge is 0.383 e. The molecule has 3 N–H and O–H groups in total. The number of aromatic amines is 1. The summed E-state index contributed by atoms with van der Waals surface area (Å²) >= 11 is 0. The topological polar surface area (TPSA) is 71.2 Å². The molecule has 0 aliphatic carbocycles. The van der Waals surface area contributed by atoms with Crippen molar-refractivity contribution < 1.29 is 0 Å². The van der Waals surface area contributed by atoms with E-state index in [1.165, 1.54) is 0 Å². The van der Waals surface area contributed by atoms with Crippen molar-refractivity contribution in [2.24, 2.45) is 10.7 Å². The van der Waals surface area contributed by atoms with Gasteiger partial charge in [-0.1, -0.05) is 60.7 Å². The standard InChI is InChI=1S/C21H21N3O/c1-15-13-24-21(25)19(18(15)12-16-8-4-2-5-9-16)20(22)23-14-17-10-6-3-7-11-17/h2-11,13H,12,14H2,1H3,(H2,22,23)(H,24,25). The maximum absolute atomic E-state index is 12.4. The van der Waals surface area contributed by atoms with Gasteiger partial charge in [0.2, 0.25) is 0 Å². The molecule has 0 fully saturated rings. The monoisotopic (exact) mass is 331 g/mol. The lowest BCUT2D eigenvalue weighted by molar-refractivity contribution is 1.04. The van der Waals surface area contributed by atoms with E-state index in [1.54, 1.807) is 6.20 Å². The number of aromatic nitrogens is 1. The van der Waals surface area contributed by atoms with Gasteiger partial charge in [-0.25, -0.2) is 0 Å². The van der Waals surface area contributed by atoms with Crippen LogP contribution in [0.1, 0.15) is 27.8 Å². The van der Waals surface area contributed by atoms with Crippen LogP contribution in [0.25, 0.3) is 0 Å². The first-order valence-corrected chi connectivity index (χ1v) is 8.24. The number of aryl methyl sites for hydroxylation is 1. The minimum Gasteiger partial charge on any atom is -0.383 e. The quantitative estimate of drug-likeness (QED) is 0.557. The second-order valence-corrected chi connectivity index (χ2v) is 6.00. The van der Waals surface area contributed by atoms with Gasteiger partial charge in [0.25, 0.3) is 5.56 Å². The van der Waals surface area contributed by atoms with Gasteiger partial charge in [-0.2, -0.15) is 0 Å². The van der Waals surface area contributed by atoms with Crippen LogP contribution >= 0.6 is 0 Å². The van der Waals surface area contributed by atoms with E-state index in [2.05, 4.69) is 9.98 Å². The summed E-state index contributed by atoms with van der Waals surface area (Å²) in [4.78, 5) is 19.6. The van der Waals surface area contributed by atoms with Crippen molar-refractivity contribution in [3.05, 3.63) is 105 Å². The molecule has 1 heterocycles. The van der Waals surface area contributed by atoms with E-state index >= 15 is 0 Å². The maximum Gasteiger partial charge on any atom is 0.259 e. The van der Waals surface area contributed by atoms with Crippen LogP contribution in [0.2, 0.25) is 0 Å². The zero-order chi connectivity index (χ0) is 17.6. The molecule has 126 valence electrons. The van der Waals surface area contributed by atoms with Crippen LogP contribution in [-0.2, 0) is 13.0 Å². The molecule has 0 saturated heterocycles. The van der Waals surface area contributed by atoms with E-state index in [1.807, 2.05) is 67.6 Å². The van der Waals surface area contributed by atoms with Gasteiger partial charge in [0.15, 0.2) is 0 Å². The van der Waals surface area contributed by atoms with Crippen LogP contribution < -0.4 is 11.3 Å². The Morgan fingerprint density at radius 3 is 2.24 bits per heavy atom. The number of hydrogen-bond acceptors (Lipinski definition) is 2. The van der Waals surface area contributed by atoms with Crippen molar-refractivity contribution in [1.82, 2.24) is 4.98 Å². The molecule has 0 amide bonds. The number of benzene rings is 2. The molecule has 3 rings (SSSR count). The SMILES string of the molecule is Cc1c[nH]c(=O)c(C(N)=NCc2ccccc2)c1Cc1ccccc1. The first-order valence-electron chi connectivity index (χ1n) is 8.24. The average molecular weight is 331 g/mol. The lowest BCUT2D eigenvalue weighted by atomic mass is 9.97. The number of H-pyrrole nitrogens is 1. The molecule has 0 spiro atoms. The van der Waals surface area contributed by atoms with Gasteiger partial charge >= 0.3 is 0 Å². The number of nitrogens with zero attached hydrogens (tertiary/aromatic N) is 1. The highest BCUT2D eigenvalue weighted by Crippen LogP contribution is 2.16. The van der Waals surface area contributed by atoms with Gasteiger partial charge < -0.3 is 10.7 Å². The highest BCUT2D eigenvalue weighted by atomic mass is 16.1. The molecule has 3 aromatic rings. The molecule has 0 radical (unpaired) electrons. The second kappa shape index (κ2) is 7.62. The van der Waals surface area contributed by atoms with Gasteiger partial charge in [0.1, 0.15) is 5.84 Å². The highest BCUT2D eigenvalue weighted by molar-refractivity contribution is 5.98. The minimum atomic E-state index is -0.203. The third kappa shape index (κ3) is 4.04. The molecule has 1 aromatic heterocycles. The Bertz CT molecular complexity index is 928. The summed E-state index contributed by atoms with van der Waals surface area (Å²) in [6, 6.07) is 19.9. The van der Waals surface area contributed by atoms with Crippen LogP contribution in [0.4, 0.5) is 0 Å². The van der Waals surface area contributed by atoms with Crippen molar-refractivity contribution in [3.63, 3.8) is 0 Å². The molecule has 4 heteroatoms. The molecule has 4 nitrogen and oxygen atoms in total. The molecule has 0 aliphatic heterocycles. The molecular weight excluding hydrogens is 310 g/mol. The number of hydrogen-bond donors (Lipinski definition) is 2. The Kier molecular flexibility index (Phi) is 5.09. The predicted molar refractivity (Wildman–Crippen MR) is 102 cm³/mol. The van der Waals surface area contributed by atoms with E-state index in [0.717, 1.165) is 22.3 Å². The Labute approximate surface area is 147 Å². The summed E-state index contributed by atoms with van der Waals surface area (Å²) in [6.45, 7) is 2.42. The van der Waals surface area contributed by atoms with Crippen LogP contribution in [0.15, 0.2) is 76.6 Å². The normalized spacial score (nSPS) is 11.5. The molecule has 0 bridgehead atoms. The van der Waals surface area contributed by atoms with Crippen LogP contribution in [-0.4, -0.2) is 10.8 Å². The first kappa shape index (κ1) is 16.7. The number of pyridine rings is 1. The van der Waals surface area contributed by atoms with E-state index < -0.39 is 0 Å². The summed E-state index contributed by atoms with van der Waals surface area (Å²) in [5.74, 6) is 0.278. The fourth-order valence-corrected chi connectivity index (χ4v) is 2.80. The average Bonchev–Trinajstić information content (AvgIpc) is 2.65. The lowest BCUT2D eigenvalue weighted by Gasteiger charge is -2.12. The second-order valence-electron chi connectivity index (χ2n) is 6.00. The van der Waals surface area contributed by atoms with Gasteiger partial charge in [-0.15, -0.1) is 0 Å². The Morgan fingerprint density at radius 2 is 1.60 bits per heavy atom. The predicted octanol–water partition coefficient (Wildman–Crippen LogP) is 3.18.